The van der Waals surface area contributed by atoms with Crippen molar-refractivity contribution in [3.63, 3.8) is 0 Å². The molecule has 1 aliphatic heterocycles. The molecule has 1 heterocycles. The predicted octanol–water partition coefficient (Wildman–Crippen LogP) is 4.71. The van der Waals surface area contributed by atoms with Gasteiger partial charge < -0.3 is 10.4 Å². The van der Waals surface area contributed by atoms with Crippen LogP contribution in [0.1, 0.15) is 11.1 Å². The van der Waals surface area contributed by atoms with Gasteiger partial charge in [-0.25, -0.2) is 0 Å². The molecule has 2 heteroatoms. The highest BCUT2D eigenvalue weighted by Crippen LogP contribution is 2.40. The van der Waals surface area contributed by atoms with Crippen molar-refractivity contribution >= 4 is 11.4 Å². The van der Waals surface area contributed by atoms with Crippen LogP contribution in [-0.2, 0) is 6.42 Å². The van der Waals surface area contributed by atoms with E-state index in [1.807, 2.05) is 30.3 Å². The third kappa shape index (κ3) is 1.96. The summed E-state index contributed by atoms with van der Waals surface area (Å²) < 4.78 is 0. The molecule has 102 valence electrons. The number of anilines is 2. The highest BCUT2D eigenvalue weighted by molar-refractivity contribution is 5.83. The first kappa shape index (κ1) is 12.0. The van der Waals surface area contributed by atoms with Crippen molar-refractivity contribution in [2.24, 2.45) is 0 Å². The third-order valence-electron chi connectivity index (χ3n) is 4.02. The summed E-state index contributed by atoms with van der Waals surface area (Å²) in [5.74, 6) is 0.324. The molecule has 0 aromatic heterocycles. The van der Waals surface area contributed by atoms with Gasteiger partial charge in [0.1, 0.15) is 5.75 Å². The Balaban J connectivity index is 1.89. The smallest absolute Gasteiger partial charge is 0.123 e. The van der Waals surface area contributed by atoms with E-state index in [0.717, 1.165) is 23.2 Å². The molecule has 2 N–H and O–H groups in total. The molecule has 3 aromatic rings. The van der Waals surface area contributed by atoms with Crippen LogP contribution in [0, 0.1) is 0 Å². The van der Waals surface area contributed by atoms with Gasteiger partial charge in [-0.2, -0.15) is 0 Å². The molecule has 0 saturated carbocycles. The van der Waals surface area contributed by atoms with Crippen LogP contribution in [0.4, 0.5) is 11.4 Å². The van der Waals surface area contributed by atoms with E-state index in [1.165, 1.54) is 16.8 Å². The quantitative estimate of drug-likeness (QED) is 0.526. The Kier molecular flexibility index (Phi) is 2.68. The van der Waals surface area contributed by atoms with Gasteiger partial charge in [0.05, 0.1) is 0 Å². The molecule has 1 aliphatic rings. The van der Waals surface area contributed by atoms with E-state index in [-0.39, 0.29) is 0 Å². The van der Waals surface area contributed by atoms with Gasteiger partial charge in [-0.15, -0.1) is 0 Å². The molecule has 4 rings (SSSR count). The fourth-order valence-corrected chi connectivity index (χ4v) is 2.98. The van der Waals surface area contributed by atoms with Gasteiger partial charge in [0, 0.05) is 23.4 Å². The molecule has 21 heavy (non-hydrogen) atoms. The van der Waals surface area contributed by atoms with Crippen molar-refractivity contribution in [3.8, 4) is 16.9 Å². The second kappa shape index (κ2) is 4.67. The lowest BCUT2D eigenvalue weighted by molar-refractivity contribution is 0.477. The molecule has 0 atom stereocenters. The highest BCUT2D eigenvalue weighted by atomic mass is 16.3. The molecule has 0 saturated heterocycles. The van der Waals surface area contributed by atoms with Crippen LogP contribution in [0.15, 0.2) is 66.7 Å². The number of hydrogen-bond donors (Lipinski definition) is 2. The van der Waals surface area contributed by atoms with Gasteiger partial charge in [0.2, 0.25) is 0 Å². The Bertz CT molecular complexity index is 823. The zero-order chi connectivity index (χ0) is 14.2. The largest absolute Gasteiger partial charge is 0.507 e. The minimum atomic E-state index is 0.324. The normalized spacial score (nSPS) is 12.2. The third-order valence-corrected chi connectivity index (χ3v) is 4.02. The second-order valence-corrected chi connectivity index (χ2v) is 5.31. The first-order valence-corrected chi connectivity index (χ1v) is 7.08. The van der Waals surface area contributed by atoms with Crippen molar-refractivity contribution in [3.05, 3.63) is 77.9 Å². The molecule has 0 spiro atoms. The lowest BCUT2D eigenvalue weighted by Gasteiger charge is -2.24. The Morgan fingerprint density at radius 2 is 1.43 bits per heavy atom. The summed E-state index contributed by atoms with van der Waals surface area (Å²) in [6.07, 6.45) is 0.878. The van der Waals surface area contributed by atoms with Gasteiger partial charge in [0.25, 0.3) is 0 Å². The maximum absolute atomic E-state index is 10.1. The van der Waals surface area contributed by atoms with Gasteiger partial charge in [-0.1, -0.05) is 48.5 Å². The van der Waals surface area contributed by atoms with Crippen LogP contribution in [0.3, 0.4) is 0 Å². The molecule has 0 unspecified atom stereocenters. The van der Waals surface area contributed by atoms with Crippen molar-refractivity contribution in [2.45, 2.75) is 6.42 Å². The summed E-state index contributed by atoms with van der Waals surface area (Å²) in [7, 11) is 0. The number of phenolic OH excluding ortho intramolecular Hbond substituents is 1. The lowest BCUT2D eigenvalue weighted by Crippen LogP contribution is -2.07. The number of fused-ring (bicyclic) bond motifs is 2. The maximum Gasteiger partial charge on any atom is 0.123 e. The molecule has 2 nitrogen and oxygen atoms in total. The number of phenols is 1. The average Bonchev–Trinajstić information content (AvgIpc) is 2.53. The molecule has 0 aliphatic carbocycles. The van der Waals surface area contributed by atoms with Gasteiger partial charge >= 0.3 is 0 Å². The molecule has 0 amide bonds. The molecule has 0 fully saturated rings. The Morgan fingerprint density at radius 1 is 0.714 bits per heavy atom. The Labute approximate surface area is 123 Å². The molecule has 3 aromatic carbocycles. The van der Waals surface area contributed by atoms with E-state index in [0.29, 0.717) is 5.75 Å². The van der Waals surface area contributed by atoms with Crippen LogP contribution in [0.2, 0.25) is 0 Å². The summed E-state index contributed by atoms with van der Waals surface area (Å²) in [5.41, 5.74) is 6.78. The highest BCUT2D eigenvalue weighted by Gasteiger charge is 2.18. The number of aromatic hydroxyl groups is 1. The summed E-state index contributed by atoms with van der Waals surface area (Å²) in [5, 5.41) is 13.6. The number of para-hydroxylation sites is 2. The fourth-order valence-electron chi connectivity index (χ4n) is 2.98. The maximum atomic E-state index is 10.1. The summed E-state index contributed by atoms with van der Waals surface area (Å²) in [6, 6.07) is 22.1. The van der Waals surface area contributed by atoms with Crippen LogP contribution in [-0.4, -0.2) is 5.11 Å². The SMILES string of the molecule is Oc1ccccc1-c1cccc2c1Cc1ccccc1N2. The Morgan fingerprint density at radius 3 is 2.33 bits per heavy atom. The van der Waals surface area contributed by atoms with Crippen LogP contribution in [0.25, 0.3) is 11.1 Å². The van der Waals surface area contributed by atoms with Crippen LogP contribution >= 0.6 is 0 Å². The first-order chi connectivity index (χ1) is 10.3. The van der Waals surface area contributed by atoms with E-state index in [2.05, 4.69) is 35.6 Å². The lowest BCUT2D eigenvalue weighted by atomic mass is 9.90. The van der Waals surface area contributed by atoms with E-state index < -0.39 is 0 Å². The topological polar surface area (TPSA) is 32.3 Å². The standard InChI is InChI=1S/C19H15NO/c21-19-11-4-2-7-15(19)14-8-5-10-18-16(14)12-13-6-1-3-9-17(13)20-18/h1-11,20-21H,12H2. The number of benzene rings is 3. The predicted molar refractivity (Wildman–Crippen MR) is 86.1 cm³/mol. The zero-order valence-electron chi connectivity index (χ0n) is 11.5. The second-order valence-electron chi connectivity index (χ2n) is 5.31. The number of rotatable bonds is 1. The fraction of sp³-hybridized carbons (Fsp3) is 0.0526. The average molecular weight is 273 g/mol. The molecule has 0 radical (unpaired) electrons. The van der Waals surface area contributed by atoms with E-state index in [9.17, 15) is 5.11 Å². The molecule has 0 bridgehead atoms. The zero-order valence-corrected chi connectivity index (χ0v) is 11.5. The van der Waals surface area contributed by atoms with Gasteiger partial charge in [-0.3, -0.25) is 0 Å². The summed E-state index contributed by atoms with van der Waals surface area (Å²) >= 11 is 0. The minimum absolute atomic E-state index is 0.324. The summed E-state index contributed by atoms with van der Waals surface area (Å²) in [6.45, 7) is 0. The van der Waals surface area contributed by atoms with Gasteiger partial charge in [0.15, 0.2) is 0 Å². The summed E-state index contributed by atoms with van der Waals surface area (Å²) in [4.78, 5) is 0. The Hall–Kier alpha value is -2.74. The first-order valence-electron chi connectivity index (χ1n) is 7.08. The van der Waals surface area contributed by atoms with Crippen LogP contribution < -0.4 is 5.32 Å². The van der Waals surface area contributed by atoms with Crippen molar-refractivity contribution in [1.82, 2.24) is 0 Å². The monoisotopic (exact) mass is 273 g/mol. The van der Waals surface area contributed by atoms with Crippen molar-refractivity contribution < 1.29 is 5.11 Å². The number of hydrogen-bond acceptors (Lipinski definition) is 2. The van der Waals surface area contributed by atoms with Crippen molar-refractivity contribution in [2.75, 3.05) is 5.32 Å². The van der Waals surface area contributed by atoms with E-state index in [1.54, 1.807) is 6.07 Å². The van der Waals surface area contributed by atoms with Crippen molar-refractivity contribution in [1.29, 1.82) is 0 Å². The number of nitrogens with one attached hydrogen (secondary N) is 1. The van der Waals surface area contributed by atoms with Gasteiger partial charge in [-0.05, 0) is 34.9 Å². The molecular formula is C19H15NO. The molecular weight excluding hydrogens is 258 g/mol. The van der Waals surface area contributed by atoms with E-state index >= 15 is 0 Å². The van der Waals surface area contributed by atoms with E-state index in [4.69, 9.17) is 0 Å². The minimum Gasteiger partial charge on any atom is -0.507 e. The van der Waals surface area contributed by atoms with Crippen LogP contribution in [0.5, 0.6) is 5.75 Å².